The van der Waals surface area contributed by atoms with Crippen LogP contribution in [0, 0.1) is 6.92 Å². The van der Waals surface area contributed by atoms with Gasteiger partial charge in [0.05, 0.1) is 5.69 Å². The maximum Gasteiger partial charge on any atom is 0.133 e. The summed E-state index contributed by atoms with van der Waals surface area (Å²) in [5, 5.41) is 4.16. The van der Waals surface area contributed by atoms with Crippen LogP contribution in [0.25, 0.3) is 11.3 Å². The van der Waals surface area contributed by atoms with Gasteiger partial charge in [-0.2, -0.15) is 0 Å². The number of piperidine rings is 1. The average molecular weight is 288 g/mol. The first-order valence-corrected chi connectivity index (χ1v) is 7.42. The van der Waals surface area contributed by atoms with E-state index in [1.54, 1.807) is 0 Å². The van der Waals surface area contributed by atoms with Gasteiger partial charge in [-0.3, -0.25) is 0 Å². The molecule has 0 amide bonds. The van der Waals surface area contributed by atoms with Crippen molar-refractivity contribution < 1.29 is 0 Å². The Morgan fingerprint density at radius 3 is 2.90 bits per heavy atom. The van der Waals surface area contributed by atoms with Gasteiger partial charge in [0.2, 0.25) is 0 Å². The maximum atomic E-state index is 6.07. The molecular weight excluding hydrogens is 270 g/mol. The predicted molar refractivity (Wildman–Crippen MR) is 82.1 cm³/mol. The fraction of sp³-hybridized carbons (Fsp3) is 0.375. The lowest BCUT2D eigenvalue weighted by Crippen LogP contribution is -2.29. The molecular formula is C16H18ClN3. The number of benzene rings is 1. The molecule has 0 spiro atoms. The van der Waals surface area contributed by atoms with Gasteiger partial charge in [-0.1, -0.05) is 23.7 Å². The van der Waals surface area contributed by atoms with Crippen LogP contribution in [-0.2, 0) is 0 Å². The van der Waals surface area contributed by atoms with Gasteiger partial charge in [-0.05, 0) is 44.5 Å². The monoisotopic (exact) mass is 287 g/mol. The molecule has 1 N–H and O–H groups in total. The zero-order chi connectivity index (χ0) is 13.9. The van der Waals surface area contributed by atoms with Gasteiger partial charge < -0.3 is 5.32 Å². The van der Waals surface area contributed by atoms with E-state index < -0.39 is 0 Å². The summed E-state index contributed by atoms with van der Waals surface area (Å²) in [5.41, 5.74) is 3.02. The molecule has 0 saturated carbocycles. The molecule has 0 radical (unpaired) electrons. The Morgan fingerprint density at radius 1 is 1.25 bits per heavy atom. The van der Waals surface area contributed by atoms with Crippen LogP contribution in [-0.4, -0.2) is 23.1 Å². The third-order valence-corrected chi connectivity index (χ3v) is 3.89. The number of aryl methyl sites for hydroxylation is 1. The topological polar surface area (TPSA) is 37.8 Å². The van der Waals surface area contributed by atoms with Crippen molar-refractivity contribution in [2.24, 2.45) is 0 Å². The van der Waals surface area contributed by atoms with Crippen LogP contribution in [0.5, 0.6) is 0 Å². The van der Waals surface area contributed by atoms with Crippen LogP contribution in [0.15, 0.2) is 30.3 Å². The largest absolute Gasteiger partial charge is 0.316 e. The normalized spacial score (nSPS) is 19.0. The molecule has 0 bridgehead atoms. The third-order valence-electron chi connectivity index (χ3n) is 3.65. The van der Waals surface area contributed by atoms with Crippen molar-refractivity contribution >= 4 is 11.6 Å². The standard InChI is InChI=1S/C16H18ClN3/c1-11-8-15(12-4-2-6-14(17)9-12)20-16(19-11)13-5-3-7-18-10-13/h2,4,6,8-9,13,18H,3,5,7,10H2,1H3. The van der Waals surface area contributed by atoms with Gasteiger partial charge in [0.1, 0.15) is 5.82 Å². The highest BCUT2D eigenvalue weighted by molar-refractivity contribution is 6.30. The predicted octanol–water partition coefficient (Wildman–Crippen LogP) is 3.57. The first-order valence-electron chi connectivity index (χ1n) is 7.04. The van der Waals surface area contributed by atoms with Crippen LogP contribution >= 0.6 is 11.6 Å². The van der Waals surface area contributed by atoms with E-state index in [1.807, 2.05) is 37.3 Å². The van der Waals surface area contributed by atoms with Gasteiger partial charge in [-0.15, -0.1) is 0 Å². The number of aromatic nitrogens is 2. The summed E-state index contributed by atoms with van der Waals surface area (Å²) in [6.45, 7) is 4.09. The molecule has 3 rings (SSSR count). The zero-order valence-electron chi connectivity index (χ0n) is 11.6. The average Bonchev–Trinajstić information content (AvgIpc) is 2.47. The molecule has 1 fully saturated rings. The summed E-state index contributed by atoms with van der Waals surface area (Å²) in [6.07, 6.45) is 2.35. The number of hydrogen-bond donors (Lipinski definition) is 1. The molecule has 1 aromatic heterocycles. The molecule has 2 aromatic rings. The van der Waals surface area contributed by atoms with E-state index in [0.29, 0.717) is 5.92 Å². The van der Waals surface area contributed by atoms with Crippen molar-refractivity contribution in [3.63, 3.8) is 0 Å². The molecule has 20 heavy (non-hydrogen) atoms. The highest BCUT2D eigenvalue weighted by Gasteiger charge is 2.19. The Hall–Kier alpha value is -1.45. The summed E-state index contributed by atoms with van der Waals surface area (Å²) in [5.74, 6) is 1.37. The lowest BCUT2D eigenvalue weighted by atomic mass is 9.98. The molecule has 104 valence electrons. The second-order valence-corrected chi connectivity index (χ2v) is 5.74. The summed E-state index contributed by atoms with van der Waals surface area (Å²) in [4.78, 5) is 9.38. The molecule has 1 aliphatic heterocycles. The van der Waals surface area contributed by atoms with Crippen LogP contribution in [0.4, 0.5) is 0 Å². The quantitative estimate of drug-likeness (QED) is 0.917. The maximum absolute atomic E-state index is 6.07. The second kappa shape index (κ2) is 5.90. The van der Waals surface area contributed by atoms with Crippen molar-refractivity contribution in [1.82, 2.24) is 15.3 Å². The van der Waals surface area contributed by atoms with E-state index >= 15 is 0 Å². The fourth-order valence-corrected chi connectivity index (χ4v) is 2.83. The van der Waals surface area contributed by atoms with Crippen molar-refractivity contribution in [3.05, 3.63) is 46.9 Å². The van der Waals surface area contributed by atoms with Crippen LogP contribution in [0.3, 0.4) is 0 Å². The lowest BCUT2D eigenvalue weighted by molar-refractivity contribution is 0.446. The van der Waals surface area contributed by atoms with E-state index in [1.165, 1.54) is 6.42 Å². The molecule has 1 aromatic carbocycles. The Labute approximate surface area is 124 Å². The number of nitrogens with one attached hydrogen (secondary N) is 1. The van der Waals surface area contributed by atoms with Crippen molar-refractivity contribution in [2.45, 2.75) is 25.7 Å². The Balaban J connectivity index is 1.97. The van der Waals surface area contributed by atoms with Crippen LogP contribution in [0.2, 0.25) is 5.02 Å². The van der Waals surface area contributed by atoms with Crippen molar-refractivity contribution in [3.8, 4) is 11.3 Å². The van der Waals surface area contributed by atoms with E-state index in [4.69, 9.17) is 16.6 Å². The first-order chi connectivity index (χ1) is 9.72. The van der Waals surface area contributed by atoms with Gasteiger partial charge in [0, 0.05) is 28.7 Å². The molecule has 2 heterocycles. The van der Waals surface area contributed by atoms with Gasteiger partial charge in [0.25, 0.3) is 0 Å². The Kier molecular flexibility index (Phi) is 3.99. The van der Waals surface area contributed by atoms with Gasteiger partial charge >= 0.3 is 0 Å². The summed E-state index contributed by atoms with van der Waals surface area (Å²) in [6, 6.07) is 9.84. The smallest absolute Gasteiger partial charge is 0.133 e. The number of halogens is 1. The molecule has 1 atom stereocenters. The molecule has 0 aliphatic carbocycles. The lowest BCUT2D eigenvalue weighted by Gasteiger charge is -2.22. The number of nitrogens with zero attached hydrogens (tertiary/aromatic N) is 2. The Morgan fingerprint density at radius 2 is 2.15 bits per heavy atom. The third kappa shape index (κ3) is 3.00. The molecule has 3 nitrogen and oxygen atoms in total. The summed E-state index contributed by atoms with van der Waals surface area (Å²) < 4.78 is 0. The van der Waals surface area contributed by atoms with Gasteiger partial charge in [0.15, 0.2) is 0 Å². The molecule has 1 unspecified atom stereocenters. The highest BCUT2D eigenvalue weighted by Crippen LogP contribution is 2.25. The Bertz CT molecular complexity index is 606. The minimum absolute atomic E-state index is 0.418. The minimum atomic E-state index is 0.418. The zero-order valence-corrected chi connectivity index (χ0v) is 12.3. The second-order valence-electron chi connectivity index (χ2n) is 5.31. The number of hydrogen-bond acceptors (Lipinski definition) is 3. The molecule has 1 saturated heterocycles. The van der Waals surface area contributed by atoms with Crippen molar-refractivity contribution in [1.29, 1.82) is 0 Å². The highest BCUT2D eigenvalue weighted by atomic mass is 35.5. The van der Waals surface area contributed by atoms with E-state index in [0.717, 1.165) is 47.3 Å². The molecule has 4 heteroatoms. The van der Waals surface area contributed by atoms with Crippen LogP contribution < -0.4 is 5.32 Å². The first kappa shape index (κ1) is 13.5. The van der Waals surface area contributed by atoms with Crippen LogP contribution in [0.1, 0.15) is 30.3 Å². The number of rotatable bonds is 2. The molecule has 1 aliphatic rings. The van der Waals surface area contributed by atoms with Gasteiger partial charge in [-0.25, -0.2) is 9.97 Å². The fourth-order valence-electron chi connectivity index (χ4n) is 2.64. The van der Waals surface area contributed by atoms with E-state index in [2.05, 4.69) is 10.3 Å². The summed E-state index contributed by atoms with van der Waals surface area (Å²) in [7, 11) is 0. The minimum Gasteiger partial charge on any atom is -0.316 e. The summed E-state index contributed by atoms with van der Waals surface area (Å²) >= 11 is 6.07. The van der Waals surface area contributed by atoms with E-state index in [-0.39, 0.29) is 0 Å². The van der Waals surface area contributed by atoms with E-state index in [9.17, 15) is 0 Å². The van der Waals surface area contributed by atoms with Crippen molar-refractivity contribution in [2.75, 3.05) is 13.1 Å². The SMILES string of the molecule is Cc1cc(-c2cccc(Cl)c2)nc(C2CCCNC2)n1.